The molecule has 2 amide bonds. The minimum absolute atomic E-state index is 0.130. The Balaban J connectivity index is 2.09. The number of carbonyl (C=O) groups is 2. The third-order valence-corrected chi connectivity index (χ3v) is 7.71. The van der Waals surface area contributed by atoms with Gasteiger partial charge in [0.05, 0.1) is 11.9 Å². The lowest BCUT2D eigenvalue weighted by Crippen LogP contribution is -2.56. The maximum absolute atomic E-state index is 14.1. The lowest BCUT2D eigenvalue weighted by Gasteiger charge is -2.35. The Morgan fingerprint density at radius 3 is 2.10 bits per heavy atom. The molecule has 0 radical (unpaired) electrons. The molecule has 0 spiro atoms. The first-order valence-corrected chi connectivity index (χ1v) is 15.3. The van der Waals surface area contributed by atoms with Gasteiger partial charge in [0, 0.05) is 23.5 Å². The predicted octanol–water partition coefficient (Wildman–Crippen LogP) is 5.28. The van der Waals surface area contributed by atoms with Crippen LogP contribution in [-0.4, -0.2) is 49.5 Å². The van der Waals surface area contributed by atoms with Crippen molar-refractivity contribution in [1.82, 2.24) is 10.2 Å². The number of aryl methyl sites for hydroxylation is 2. The van der Waals surface area contributed by atoms with Gasteiger partial charge in [-0.3, -0.25) is 13.9 Å². The van der Waals surface area contributed by atoms with Crippen molar-refractivity contribution in [2.75, 3.05) is 17.1 Å². The average molecular weight is 584 g/mol. The summed E-state index contributed by atoms with van der Waals surface area (Å²) in [7, 11) is -3.85. The summed E-state index contributed by atoms with van der Waals surface area (Å²) in [5.74, 6) is -0.810. The smallest absolute Gasteiger partial charge is 0.244 e. The fourth-order valence-corrected chi connectivity index (χ4v) is 5.52. The third-order valence-electron chi connectivity index (χ3n) is 6.35. The lowest BCUT2D eigenvalue weighted by atomic mass is 10.0. The number of rotatable bonds is 10. The second-order valence-corrected chi connectivity index (χ2v) is 13.5. The highest BCUT2D eigenvalue weighted by Gasteiger charge is 2.34. The number of sulfonamides is 1. The van der Waals surface area contributed by atoms with Crippen LogP contribution in [0.25, 0.3) is 0 Å². The van der Waals surface area contributed by atoms with Crippen molar-refractivity contribution in [2.24, 2.45) is 0 Å². The van der Waals surface area contributed by atoms with E-state index in [-0.39, 0.29) is 18.9 Å². The molecule has 7 nitrogen and oxygen atoms in total. The number of hydrogen-bond donors (Lipinski definition) is 1. The molecule has 0 aliphatic rings. The second kappa shape index (κ2) is 12.9. The Morgan fingerprint density at radius 2 is 1.55 bits per heavy atom. The highest BCUT2D eigenvalue weighted by atomic mass is 35.5. The van der Waals surface area contributed by atoms with Crippen LogP contribution in [-0.2, 0) is 32.6 Å². The molecule has 3 rings (SSSR count). The van der Waals surface area contributed by atoms with Gasteiger partial charge in [-0.25, -0.2) is 8.42 Å². The number of nitrogens with one attached hydrogen (secondary N) is 1. The van der Waals surface area contributed by atoms with Crippen molar-refractivity contribution in [3.63, 3.8) is 0 Å². The van der Waals surface area contributed by atoms with Crippen molar-refractivity contribution in [1.29, 1.82) is 0 Å². The summed E-state index contributed by atoms with van der Waals surface area (Å²) in [5.41, 5.74) is 3.20. The summed E-state index contributed by atoms with van der Waals surface area (Å²) in [6, 6.07) is 21.1. The van der Waals surface area contributed by atoms with E-state index in [0.717, 1.165) is 27.3 Å². The third kappa shape index (κ3) is 8.83. The topological polar surface area (TPSA) is 86.8 Å². The van der Waals surface area contributed by atoms with Crippen LogP contribution in [0.1, 0.15) is 43.0 Å². The second-order valence-electron chi connectivity index (χ2n) is 11.2. The molecule has 214 valence electrons. The number of benzene rings is 3. The van der Waals surface area contributed by atoms with Crippen molar-refractivity contribution >= 4 is 39.1 Å². The minimum Gasteiger partial charge on any atom is -0.350 e. The van der Waals surface area contributed by atoms with Gasteiger partial charge in [0.15, 0.2) is 0 Å². The number of hydrogen-bond acceptors (Lipinski definition) is 4. The van der Waals surface area contributed by atoms with Crippen LogP contribution in [0.15, 0.2) is 72.8 Å². The SMILES string of the molecule is Cc1ccc(CN(C(=O)CN(c2ccc(Cl)cc2C)S(C)(=O)=O)[C@@H](Cc2ccccc2)C(=O)NC(C)(C)C)cc1. The highest BCUT2D eigenvalue weighted by molar-refractivity contribution is 7.92. The number of amides is 2. The van der Waals surface area contributed by atoms with Crippen LogP contribution >= 0.6 is 11.6 Å². The first-order valence-electron chi connectivity index (χ1n) is 13.1. The van der Waals surface area contributed by atoms with Gasteiger partial charge in [-0.2, -0.15) is 0 Å². The molecule has 0 fully saturated rings. The van der Waals surface area contributed by atoms with Crippen LogP contribution in [0.3, 0.4) is 0 Å². The Bertz CT molecular complexity index is 1440. The van der Waals surface area contributed by atoms with E-state index >= 15 is 0 Å². The van der Waals surface area contributed by atoms with E-state index in [2.05, 4.69) is 5.32 Å². The van der Waals surface area contributed by atoms with Crippen molar-refractivity contribution < 1.29 is 18.0 Å². The van der Waals surface area contributed by atoms with Crippen LogP contribution in [0.2, 0.25) is 5.02 Å². The molecule has 1 atom stereocenters. The highest BCUT2D eigenvalue weighted by Crippen LogP contribution is 2.26. The van der Waals surface area contributed by atoms with Gasteiger partial charge in [-0.05, 0) is 69.5 Å². The molecule has 3 aromatic carbocycles. The molecule has 1 N–H and O–H groups in total. The quantitative estimate of drug-likeness (QED) is 0.352. The molecule has 0 aromatic heterocycles. The van der Waals surface area contributed by atoms with Crippen molar-refractivity contribution in [3.05, 3.63) is 100 Å². The zero-order valence-corrected chi connectivity index (χ0v) is 25.5. The number of halogens is 1. The summed E-state index contributed by atoms with van der Waals surface area (Å²) in [6.45, 7) is 9.01. The van der Waals surface area contributed by atoms with E-state index < -0.39 is 34.1 Å². The van der Waals surface area contributed by atoms with Crippen LogP contribution in [0.5, 0.6) is 0 Å². The standard InChI is InChI=1S/C31H38ClN3O4S/c1-22-12-14-25(15-13-22)20-34(28(30(37)33-31(3,4)5)19-24-10-8-7-9-11-24)29(36)21-35(40(6,38)39)27-17-16-26(32)18-23(27)2/h7-18,28H,19-21H2,1-6H3,(H,33,37)/t28-/m0/s1. The van der Waals surface area contributed by atoms with E-state index in [0.29, 0.717) is 16.3 Å². The van der Waals surface area contributed by atoms with Crippen LogP contribution in [0, 0.1) is 13.8 Å². The Hall–Kier alpha value is -3.36. The van der Waals surface area contributed by atoms with E-state index in [4.69, 9.17) is 11.6 Å². The van der Waals surface area contributed by atoms with Gasteiger partial charge in [-0.15, -0.1) is 0 Å². The van der Waals surface area contributed by atoms with Crippen molar-refractivity contribution in [2.45, 2.75) is 59.2 Å². The average Bonchev–Trinajstić information content (AvgIpc) is 2.85. The van der Waals surface area contributed by atoms with E-state index in [1.807, 2.05) is 82.3 Å². The molecular weight excluding hydrogens is 546 g/mol. The molecule has 3 aromatic rings. The molecule has 0 aliphatic carbocycles. The molecule has 0 saturated heterocycles. The van der Waals surface area contributed by atoms with Gasteiger partial charge in [0.2, 0.25) is 21.8 Å². The Kier molecular flexibility index (Phi) is 10.0. The first kappa shape index (κ1) is 31.2. The van der Waals surface area contributed by atoms with Gasteiger partial charge in [-0.1, -0.05) is 71.8 Å². The largest absolute Gasteiger partial charge is 0.350 e. The lowest BCUT2D eigenvalue weighted by molar-refractivity contribution is -0.140. The summed E-state index contributed by atoms with van der Waals surface area (Å²) < 4.78 is 27.0. The maximum Gasteiger partial charge on any atom is 0.244 e. The molecule has 40 heavy (non-hydrogen) atoms. The number of carbonyl (C=O) groups excluding carboxylic acids is 2. The molecular formula is C31H38ClN3O4S. The molecule has 0 aliphatic heterocycles. The number of nitrogens with zero attached hydrogens (tertiary/aromatic N) is 2. The molecule has 9 heteroatoms. The summed E-state index contributed by atoms with van der Waals surface area (Å²) >= 11 is 6.11. The molecule has 0 saturated carbocycles. The number of anilines is 1. The van der Waals surface area contributed by atoms with Gasteiger partial charge in [0.1, 0.15) is 12.6 Å². The van der Waals surface area contributed by atoms with Crippen LogP contribution in [0.4, 0.5) is 5.69 Å². The van der Waals surface area contributed by atoms with Gasteiger partial charge >= 0.3 is 0 Å². The predicted molar refractivity (Wildman–Crippen MR) is 162 cm³/mol. The Labute approximate surface area is 243 Å². The Morgan fingerprint density at radius 1 is 0.925 bits per heavy atom. The monoisotopic (exact) mass is 583 g/mol. The van der Waals surface area contributed by atoms with Gasteiger partial charge in [0.25, 0.3) is 0 Å². The zero-order valence-electron chi connectivity index (χ0n) is 23.9. The molecule has 0 heterocycles. The zero-order chi connectivity index (χ0) is 29.7. The van der Waals surface area contributed by atoms with Crippen LogP contribution < -0.4 is 9.62 Å². The molecule has 0 bridgehead atoms. The molecule has 0 unspecified atom stereocenters. The first-order chi connectivity index (χ1) is 18.6. The fraction of sp³-hybridized carbons (Fsp3) is 0.355. The summed E-state index contributed by atoms with van der Waals surface area (Å²) in [5, 5.41) is 3.48. The summed E-state index contributed by atoms with van der Waals surface area (Å²) in [4.78, 5) is 29.4. The fourth-order valence-electron chi connectivity index (χ4n) is 4.39. The van der Waals surface area contributed by atoms with Crippen molar-refractivity contribution in [3.8, 4) is 0 Å². The van der Waals surface area contributed by atoms with E-state index in [1.54, 1.807) is 25.1 Å². The van der Waals surface area contributed by atoms with Gasteiger partial charge < -0.3 is 10.2 Å². The van der Waals surface area contributed by atoms with E-state index in [1.165, 1.54) is 4.90 Å². The summed E-state index contributed by atoms with van der Waals surface area (Å²) in [6.07, 6.45) is 1.33. The maximum atomic E-state index is 14.1. The van der Waals surface area contributed by atoms with E-state index in [9.17, 15) is 18.0 Å². The minimum atomic E-state index is -3.85. The normalized spacial score (nSPS) is 12.5.